The maximum atomic E-state index is 12.5. The number of carbonyl (C=O) groups is 2. The van der Waals surface area contributed by atoms with E-state index in [1.807, 2.05) is 52.0 Å². The number of ketones is 2. The van der Waals surface area contributed by atoms with E-state index in [0.717, 1.165) is 5.56 Å². The third-order valence-electron chi connectivity index (χ3n) is 4.03. The van der Waals surface area contributed by atoms with Crippen molar-refractivity contribution >= 4 is 11.6 Å². The minimum atomic E-state index is -0.930. The van der Waals surface area contributed by atoms with Crippen LogP contribution in [0.3, 0.4) is 0 Å². The SMILES string of the molecule is Cc1ccc(C(=O)c2ccc(OC(C)(C)C(=O)C(C)(C)C)cc2)cc1. The van der Waals surface area contributed by atoms with E-state index in [2.05, 4.69) is 0 Å². The van der Waals surface area contributed by atoms with E-state index in [4.69, 9.17) is 4.74 Å². The van der Waals surface area contributed by atoms with Gasteiger partial charge in [-0.3, -0.25) is 9.59 Å². The summed E-state index contributed by atoms with van der Waals surface area (Å²) in [5, 5.41) is 0. The van der Waals surface area contributed by atoms with Crippen molar-refractivity contribution in [2.24, 2.45) is 5.41 Å². The van der Waals surface area contributed by atoms with Crippen molar-refractivity contribution in [3.63, 3.8) is 0 Å². The largest absolute Gasteiger partial charge is 0.480 e. The molecule has 132 valence electrons. The first-order chi connectivity index (χ1) is 11.5. The third kappa shape index (κ3) is 4.56. The number of rotatable bonds is 5. The Morgan fingerprint density at radius 3 is 1.64 bits per heavy atom. The molecule has 0 aliphatic carbocycles. The Labute approximate surface area is 150 Å². The Bertz CT molecular complexity index is 760. The summed E-state index contributed by atoms with van der Waals surface area (Å²) >= 11 is 0. The standard InChI is InChI=1S/C22H26O3/c1-15-7-9-16(10-8-15)19(23)17-11-13-18(14-12-17)25-22(5,6)20(24)21(2,3)4/h7-14H,1-6H3. The summed E-state index contributed by atoms with van der Waals surface area (Å²) in [5.41, 5.74) is 0.954. The molecule has 0 aliphatic rings. The quantitative estimate of drug-likeness (QED) is 0.721. The van der Waals surface area contributed by atoms with Crippen molar-refractivity contribution in [3.05, 3.63) is 65.2 Å². The van der Waals surface area contributed by atoms with E-state index in [9.17, 15) is 9.59 Å². The van der Waals surface area contributed by atoms with Gasteiger partial charge in [0, 0.05) is 16.5 Å². The van der Waals surface area contributed by atoms with Crippen molar-refractivity contribution in [1.29, 1.82) is 0 Å². The predicted octanol–water partition coefficient (Wildman–Crippen LogP) is 5.00. The van der Waals surface area contributed by atoms with E-state index < -0.39 is 11.0 Å². The average molecular weight is 338 g/mol. The molecule has 0 atom stereocenters. The highest BCUT2D eigenvalue weighted by Crippen LogP contribution is 2.28. The predicted molar refractivity (Wildman–Crippen MR) is 100 cm³/mol. The summed E-state index contributed by atoms with van der Waals surface area (Å²) in [4.78, 5) is 25.0. The molecule has 3 heteroatoms. The molecule has 0 fully saturated rings. The van der Waals surface area contributed by atoms with Crippen molar-refractivity contribution in [2.45, 2.75) is 47.1 Å². The van der Waals surface area contributed by atoms with Crippen LogP contribution in [-0.2, 0) is 4.79 Å². The van der Waals surface area contributed by atoms with Gasteiger partial charge < -0.3 is 4.74 Å². The molecule has 0 aromatic heterocycles. The minimum Gasteiger partial charge on any atom is -0.480 e. The topological polar surface area (TPSA) is 43.4 Å². The highest BCUT2D eigenvalue weighted by atomic mass is 16.5. The Balaban J connectivity index is 2.16. The van der Waals surface area contributed by atoms with E-state index in [1.54, 1.807) is 38.1 Å². The second-order valence-electron chi connectivity index (χ2n) is 7.91. The third-order valence-corrected chi connectivity index (χ3v) is 4.03. The van der Waals surface area contributed by atoms with Gasteiger partial charge in [0.2, 0.25) is 0 Å². The molecule has 0 N–H and O–H groups in total. The van der Waals surface area contributed by atoms with E-state index in [1.165, 1.54) is 0 Å². The molecule has 25 heavy (non-hydrogen) atoms. The first kappa shape index (κ1) is 18.9. The molecule has 0 unspecified atom stereocenters. The normalized spacial score (nSPS) is 11.9. The zero-order valence-electron chi connectivity index (χ0n) is 15.8. The maximum Gasteiger partial charge on any atom is 0.193 e. The fourth-order valence-corrected chi connectivity index (χ4v) is 2.79. The molecule has 0 heterocycles. The van der Waals surface area contributed by atoms with Crippen LogP contribution in [-0.4, -0.2) is 17.2 Å². The van der Waals surface area contributed by atoms with Crippen LogP contribution >= 0.6 is 0 Å². The molecule has 0 bridgehead atoms. The van der Waals surface area contributed by atoms with Gasteiger partial charge in [0.15, 0.2) is 17.2 Å². The van der Waals surface area contributed by atoms with Crippen LogP contribution in [0.4, 0.5) is 0 Å². The number of aryl methyl sites for hydroxylation is 1. The number of ether oxygens (including phenoxy) is 1. The van der Waals surface area contributed by atoms with Crippen molar-refractivity contribution in [1.82, 2.24) is 0 Å². The molecule has 0 radical (unpaired) electrons. The summed E-state index contributed by atoms with van der Waals surface area (Å²) in [7, 11) is 0. The molecule has 0 spiro atoms. The lowest BCUT2D eigenvalue weighted by molar-refractivity contribution is -0.139. The Hall–Kier alpha value is -2.42. The molecule has 2 aromatic carbocycles. The monoisotopic (exact) mass is 338 g/mol. The molecule has 3 nitrogen and oxygen atoms in total. The number of hydrogen-bond donors (Lipinski definition) is 0. The lowest BCUT2D eigenvalue weighted by Crippen LogP contribution is -2.45. The van der Waals surface area contributed by atoms with Crippen molar-refractivity contribution in [2.75, 3.05) is 0 Å². The van der Waals surface area contributed by atoms with Gasteiger partial charge in [-0.1, -0.05) is 50.6 Å². The average Bonchev–Trinajstić information content (AvgIpc) is 2.54. The molecule has 0 saturated carbocycles. The maximum absolute atomic E-state index is 12.5. The van der Waals surface area contributed by atoms with Gasteiger partial charge in [-0.25, -0.2) is 0 Å². The van der Waals surface area contributed by atoms with Gasteiger partial charge in [0.05, 0.1) is 0 Å². The van der Waals surface area contributed by atoms with Crippen LogP contribution in [0.2, 0.25) is 0 Å². The highest BCUT2D eigenvalue weighted by molar-refractivity contribution is 6.09. The fourth-order valence-electron chi connectivity index (χ4n) is 2.79. The second-order valence-corrected chi connectivity index (χ2v) is 7.91. The van der Waals surface area contributed by atoms with Crippen LogP contribution in [0.15, 0.2) is 48.5 Å². The number of carbonyl (C=O) groups excluding carboxylic acids is 2. The lowest BCUT2D eigenvalue weighted by atomic mass is 9.82. The van der Waals surface area contributed by atoms with Crippen LogP contribution < -0.4 is 4.74 Å². The van der Waals surface area contributed by atoms with Crippen LogP contribution in [0.5, 0.6) is 5.75 Å². The summed E-state index contributed by atoms with van der Waals surface area (Å²) in [6, 6.07) is 14.4. The van der Waals surface area contributed by atoms with Gasteiger partial charge in [-0.15, -0.1) is 0 Å². The molecular formula is C22H26O3. The second kappa shape index (κ2) is 6.83. The fraction of sp³-hybridized carbons (Fsp3) is 0.364. The number of Topliss-reactive ketones (excluding diaryl/α,β-unsaturated/α-hetero) is 1. The van der Waals surface area contributed by atoms with Crippen LogP contribution in [0.25, 0.3) is 0 Å². The van der Waals surface area contributed by atoms with Gasteiger partial charge in [-0.2, -0.15) is 0 Å². The Morgan fingerprint density at radius 2 is 1.20 bits per heavy atom. The summed E-state index contributed by atoms with van der Waals surface area (Å²) in [5.74, 6) is 0.569. The van der Waals surface area contributed by atoms with Gasteiger partial charge >= 0.3 is 0 Å². The molecule has 2 aromatic rings. The zero-order chi connectivity index (χ0) is 18.8. The van der Waals surface area contributed by atoms with E-state index in [-0.39, 0.29) is 11.6 Å². The molecule has 2 rings (SSSR count). The van der Waals surface area contributed by atoms with Gasteiger partial charge in [0.25, 0.3) is 0 Å². The smallest absolute Gasteiger partial charge is 0.193 e. The van der Waals surface area contributed by atoms with E-state index >= 15 is 0 Å². The Morgan fingerprint density at radius 1 is 0.760 bits per heavy atom. The summed E-state index contributed by atoms with van der Waals surface area (Å²) in [6.07, 6.45) is 0. The zero-order valence-corrected chi connectivity index (χ0v) is 15.8. The van der Waals surface area contributed by atoms with Crippen LogP contribution in [0, 0.1) is 12.3 Å². The number of hydrogen-bond acceptors (Lipinski definition) is 3. The molecular weight excluding hydrogens is 312 g/mol. The molecule has 0 saturated heterocycles. The molecule has 0 aliphatic heterocycles. The number of benzene rings is 2. The first-order valence-electron chi connectivity index (χ1n) is 8.46. The van der Waals surface area contributed by atoms with Crippen LogP contribution in [0.1, 0.15) is 56.1 Å². The summed E-state index contributed by atoms with van der Waals surface area (Å²) < 4.78 is 5.89. The molecule has 0 amide bonds. The van der Waals surface area contributed by atoms with E-state index in [0.29, 0.717) is 16.9 Å². The minimum absolute atomic E-state index is 0.0276. The Kier molecular flexibility index (Phi) is 5.17. The van der Waals surface area contributed by atoms with Gasteiger partial charge in [-0.05, 0) is 45.0 Å². The van der Waals surface area contributed by atoms with Crippen molar-refractivity contribution < 1.29 is 14.3 Å². The lowest BCUT2D eigenvalue weighted by Gasteiger charge is -2.31. The highest BCUT2D eigenvalue weighted by Gasteiger charge is 2.37. The van der Waals surface area contributed by atoms with Gasteiger partial charge in [0.1, 0.15) is 5.75 Å². The summed E-state index contributed by atoms with van der Waals surface area (Å²) in [6.45, 7) is 11.2. The first-order valence-corrected chi connectivity index (χ1v) is 8.46. The van der Waals surface area contributed by atoms with Crippen molar-refractivity contribution in [3.8, 4) is 5.75 Å².